The van der Waals surface area contributed by atoms with E-state index in [-0.39, 0.29) is 11.3 Å². The lowest BCUT2D eigenvalue weighted by Gasteiger charge is -2.16. The van der Waals surface area contributed by atoms with Crippen LogP contribution in [-0.2, 0) is 0 Å². The van der Waals surface area contributed by atoms with E-state index < -0.39 is 11.6 Å². The van der Waals surface area contributed by atoms with Crippen molar-refractivity contribution in [3.8, 4) is 6.07 Å². The first-order chi connectivity index (χ1) is 9.67. The molecule has 1 aliphatic carbocycles. The third-order valence-electron chi connectivity index (χ3n) is 4.12. The van der Waals surface area contributed by atoms with Gasteiger partial charge in [0, 0.05) is 19.1 Å². The van der Waals surface area contributed by atoms with Crippen LogP contribution in [0.2, 0.25) is 0 Å². The maximum atomic E-state index is 13.7. The Labute approximate surface area is 117 Å². The summed E-state index contributed by atoms with van der Waals surface area (Å²) in [6.45, 7) is 2.68. The number of hydrogen-bond donors (Lipinski definition) is 1. The summed E-state index contributed by atoms with van der Waals surface area (Å²) in [4.78, 5) is 2.47. The summed E-state index contributed by atoms with van der Waals surface area (Å²) in [5.74, 6) is -0.956. The summed E-state index contributed by atoms with van der Waals surface area (Å²) >= 11 is 0. The molecule has 106 valence electrons. The maximum absolute atomic E-state index is 13.7. The van der Waals surface area contributed by atoms with Crippen LogP contribution in [0.4, 0.5) is 14.5 Å². The number of hydrogen-bond acceptors (Lipinski definition) is 3. The van der Waals surface area contributed by atoms with E-state index in [1.165, 1.54) is 12.8 Å². The zero-order valence-electron chi connectivity index (χ0n) is 11.2. The average Bonchev–Trinajstić information content (AvgIpc) is 3.17. The van der Waals surface area contributed by atoms with E-state index in [0.717, 1.165) is 37.7 Å². The SMILES string of the molecule is N#Cc1cc(F)c(NCC2CCN(C3CC3)C2)c(F)c1. The molecule has 0 amide bonds. The van der Waals surface area contributed by atoms with E-state index in [9.17, 15) is 8.78 Å². The van der Waals surface area contributed by atoms with Gasteiger partial charge in [0.25, 0.3) is 0 Å². The third-order valence-corrected chi connectivity index (χ3v) is 4.12. The Hall–Kier alpha value is -1.67. The van der Waals surface area contributed by atoms with Crippen LogP contribution in [-0.4, -0.2) is 30.6 Å². The predicted octanol–water partition coefficient (Wildman–Crippen LogP) is 2.73. The summed E-state index contributed by atoms with van der Waals surface area (Å²) in [6, 6.07) is 4.63. The van der Waals surface area contributed by atoms with Crippen LogP contribution < -0.4 is 5.32 Å². The Morgan fingerprint density at radius 2 is 1.95 bits per heavy atom. The molecule has 0 aromatic heterocycles. The first kappa shape index (κ1) is 13.3. The molecule has 3 rings (SSSR count). The number of anilines is 1. The van der Waals surface area contributed by atoms with E-state index in [4.69, 9.17) is 5.26 Å². The molecule has 1 atom stereocenters. The van der Waals surface area contributed by atoms with Crippen molar-refractivity contribution in [1.29, 1.82) is 5.26 Å². The fourth-order valence-electron chi connectivity index (χ4n) is 2.85. The number of benzene rings is 1. The molecule has 5 heteroatoms. The number of rotatable bonds is 4. The highest BCUT2D eigenvalue weighted by atomic mass is 19.1. The van der Waals surface area contributed by atoms with Gasteiger partial charge in [-0.3, -0.25) is 0 Å². The molecule has 1 aromatic rings. The van der Waals surface area contributed by atoms with Crippen molar-refractivity contribution in [1.82, 2.24) is 4.90 Å². The van der Waals surface area contributed by atoms with Gasteiger partial charge in [0.1, 0.15) is 5.69 Å². The summed E-state index contributed by atoms with van der Waals surface area (Å²) < 4.78 is 27.4. The fraction of sp³-hybridized carbons (Fsp3) is 0.533. The van der Waals surface area contributed by atoms with E-state index in [1.807, 2.05) is 0 Å². The van der Waals surface area contributed by atoms with Crippen molar-refractivity contribution in [2.45, 2.75) is 25.3 Å². The van der Waals surface area contributed by atoms with E-state index >= 15 is 0 Å². The van der Waals surface area contributed by atoms with Crippen LogP contribution in [0.5, 0.6) is 0 Å². The van der Waals surface area contributed by atoms with Gasteiger partial charge in [-0.05, 0) is 43.9 Å². The lowest BCUT2D eigenvalue weighted by molar-refractivity contribution is 0.316. The number of likely N-dealkylation sites (tertiary alicyclic amines) is 1. The highest BCUT2D eigenvalue weighted by molar-refractivity contribution is 5.50. The highest BCUT2D eigenvalue weighted by Crippen LogP contribution is 2.32. The van der Waals surface area contributed by atoms with Crippen LogP contribution in [0.1, 0.15) is 24.8 Å². The summed E-state index contributed by atoms with van der Waals surface area (Å²) in [7, 11) is 0. The third kappa shape index (κ3) is 2.75. The second kappa shape index (κ2) is 5.37. The van der Waals surface area contributed by atoms with Gasteiger partial charge in [0.2, 0.25) is 0 Å². The first-order valence-corrected chi connectivity index (χ1v) is 7.04. The van der Waals surface area contributed by atoms with Crippen molar-refractivity contribution in [3.63, 3.8) is 0 Å². The highest BCUT2D eigenvalue weighted by Gasteiger charge is 2.34. The molecule has 0 bridgehead atoms. The normalized spacial score (nSPS) is 22.8. The van der Waals surface area contributed by atoms with Gasteiger partial charge in [-0.15, -0.1) is 0 Å². The first-order valence-electron chi connectivity index (χ1n) is 7.04. The molecule has 1 aromatic carbocycles. The molecular formula is C15H17F2N3. The zero-order chi connectivity index (χ0) is 14.1. The Morgan fingerprint density at radius 1 is 1.25 bits per heavy atom. The number of nitrogens with zero attached hydrogens (tertiary/aromatic N) is 2. The molecule has 3 nitrogen and oxygen atoms in total. The Balaban J connectivity index is 1.60. The molecular weight excluding hydrogens is 260 g/mol. The van der Waals surface area contributed by atoms with Crippen molar-refractivity contribution in [3.05, 3.63) is 29.3 Å². The second-order valence-corrected chi connectivity index (χ2v) is 5.69. The standard InChI is InChI=1S/C15H17F2N3/c16-13-5-11(7-18)6-14(17)15(13)19-8-10-3-4-20(9-10)12-1-2-12/h5-6,10,12,19H,1-4,8-9H2. The molecule has 1 aliphatic heterocycles. The Kier molecular flexibility index (Phi) is 3.58. The van der Waals surface area contributed by atoms with Gasteiger partial charge < -0.3 is 10.2 Å². The van der Waals surface area contributed by atoms with Gasteiger partial charge in [0.15, 0.2) is 11.6 Å². The van der Waals surface area contributed by atoms with Gasteiger partial charge in [-0.1, -0.05) is 0 Å². The molecule has 0 spiro atoms. The fourth-order valence-corrected chi connectivity index (χ4v) is 2.85. The number of nitrogens with one attached hydrogen (secondary N) is 1. The maximum Gasteiger partial charge on any atom is 0.150 e. The second-order valence-electron chi connectivity index (χ2n) is 5.69. The van der Waals surface area contributed by atoms with Crippen molar-refractivity contribution >= 4 is 5.69 Å². The van der Waals surface area contributed by atoms with Crippen molar-refractivity contribution in [2.24, 2.45) is 5.92 Å². The van der Waals surface area contributed by atoms with Gasteiger partial charge in [0.05, 0.1) is 11.6 Å². The minimum absolute atomic E-state index is 0.00586. The van der Waals surface area contributed by atoms with Crippen LogP contribution in [0.15, 0.2) is 12.1 Å². The lowest BCUT2D eigenvalue weighted by atomic mass is 10.1. The van der Waals surface area contributed by atoms with Crippen LogP contribution >= 0.6 is 0 Å². The molecule has 1 N–H and O–H groups in total. The van der Waals surface area contributed by atoms with Crippen molar-refractivity contribution in [2.75, 3.05) is 25.0 Å². The monoisotopic (exact) mass is 277 g/mol. The van der Waals surface area contributed by atoms with Crippen LogP contribution in [0.3, 0.4) is 0 Å². The number of nitriles is 1. The summed E-state index contributed by atoms with van der Waals surface area (Å²) in [6.07, 6.45) is 3.65. The molecule has 1 unspecified atom stereocenters. The molecule has 0 radical (unpaired) electrons. The average molecular weight is 277 g/mol. The van der Waals surface area contributed by atoms with Gasteiger partial charge in [-0.2, -0.15) is 5.26 Å². The Bertz CT molecular complexity index is 526. The number of halogens is 2. The minimum Gasteiger partial charge on any atom is -0.380 e. The van der Waals surface area contributed by atoms with Crippen LogP contribution in [0, 0.1) is 28.9 Å². The predicted molar refractivity (Wildman–Crippen MR) is 72.3 cm³/mol. The molecule has 2 aliphatic rings. The molecule has 2 fully saturated rings. The molecule has 1 saturated heterocycles. The van der Waals surface area contributed by atoms with Crippen molar-refractivity contribution < 1.29 is 8.78 Å². The molecule has 1 heterocycles. The molecule has 1 saturated carbocycles. The zero-order valence-corrected chi connectivity index (χ0v) is 11.2. The van der Waals surface area contributed by atoms with E-state index in [1.54, 1.807) is 6.07 Å². The van der Waals surface area contributed by atoms with E-state index in [2.05, 4.69) is 10.2 Å². The Morgan fingerprint density at radius 3 is 2.55 bits per heavy atom. The summed E-state index contributed by atoms with van der Waals surface area (Å²) in [5.41, 5.74) is -0.111. The largest absolute Gasteiger partial charge is 0.380 e. The van der Waals surface area contributed by atoms with Gasteiger partial charge >= 0.3 is 0 Å². The quantitative estimate of drug-likeness (QED) is 0.919. The minimum atomic E-state index is -0.696. The summed E-state index contributed by atoms with van der Waals surface area (Å²) in [5, 5.41) is 11.5. The smallest absolute Gasteiger partial charge is 0.150 e. The van der Waals surface area contributed by atoms with Gasteiger partial charge in [-0.25, -0.2) is 8.78 Å². The topological polar surface area (TPSA) is 39.1 Å². The van der Waals surface area contributed by atoms with Crippen LogP contribution in [0.25, 0.3) is 0 Å². The lowest BCUT2D eigenvalue weighted by Crippen LogP contribution is -2.25. The molecule has 20 heavy (non-hydrogen) atoms. The van der Waals surface area contributed by atoms with E-state index in [0.29, 0.717) is 12.5 Å².